The lowest BCUT2D eigenvalue weighted by Gasteiger charge is -2.14. The molecule has 0 aliphatic carbocycles. The average molecular weight is 332 g/mol. The van der Waals surface area contributed by atoms with Crippen LogP contribution in [0.3, 0.4) is 0 Å². The predicted octanol–water partition coefficient (Wildman–Crippen LogP) is 2.12. The first-order valence-electron chi connectivity index (χ1n) is 7.95. The van der Waals surface area contributed by atoms with Gasteiger partial charge in [-0.05, 0) is 45.2 Å². The van der Waals surface area contributed by atoms with Crippen LogP contribution in [0.5, 0.6) is 0 Å². The third-order valence-corrected chi connectivity index (χ3v) is 3.64. The van der Waals surface area contributed by atoms with Gasteiger partial charge >= 0.3 is 5.97 Å². The van der Waals surface area contributed by atoms with E-state index in [0.717, 1.165) is 0 Å². The number of amides is 2. The van der Waals surface area contributed by atoms with Crippen LogP contribution in [-0.2, 0) is 9.59 Å². The number of rotatable bonds is 9. The molecule has 1 aromatic carbocycles. The maximum Gasteiger partial charge on any atom is 0.326 e. The lowest BCUT2D eigenvalue weighted by Crippen LogP contribution is -2.40. The first kappa shape index (κ1) is 19.4. The highest BCUT2D eigenvalue weighted by molar-refractivity contribution is 5.96. The van der Waals surface area contributed by atoms with E-state index in [1.165, 1.54) is 0 Å². The third kappa shape index (κ3) is 6.64. The Morgan fingerprint density at radius 1 is 1.17 bits per heavy atom. The van der Waals surface area contributed by atoms with Gasteiger partial charge in [0, 0.05) is 17.7 Å². The first-order chi connectivity index (χ1) is 11.5. The molecule has 0 aliphatic heterocycles. The van der Waals surface area contributed by atoms with Crippen molar-refractivity contribution in [1.82, 2.24) is 10.6 Å². The van der Waals surface area contributed by atoms with Crippen LogP contribution >= 0.6 is 0 Å². The number of carboxylic acid groups (broad SMARTS) is 1. The van der Waals surface area contributed by atoms with E-state index < -0.39 is 17.9 Å². The molecule has 0 spiro atoms. The smallest absolute Gasteiger partial charge is 0.326 e. The van der Waals surface area contributed by atoms with Crippen LogP contribution in [0.2, 0.25) is 0 Å². The topological polar surface area (TPSA) is 95.5 Å². The number of unbranched alkanes of at least 4 members (excludes halogenated alkanes) is 1. The van der Waals surface area contributed by atoms with Crippen LogP contribution in [0, 0.1) is 0 Å². The normalized spacial score (nSPS) is 12.3. The zero-order valence-electron chi connectivity index (χ0n) is 14.0. The number of carbonyl (C=O) groups is 3. The average Bonchev–Trinajstić information content (AvgIpc) is 2.59. The molecule has 1 rings (SSSR count). The van der Waals surface area contributed by atoms with Crippen molar-refractivity contribution in [3.8, 4) is 0 Å². The molecule has 0 aliphatic rings. The van der Waals surface area contributed by atoms with Crippen LogP contribution in [0.1, 0.15) is 43.5 Å². The van der Waals surface area contributed by atoms with E-state index in [-0.39, 0.29) is 5.91 Å². The molecular formula is C18H24N2O4. The number of hydrogen-bond acceptors (Lipinski definition) is 3. The highest BCUT2D eigenvalue weighted by Gasteiger charge is 2.20. The van der Waals surface area contributed by atoms with E-state index >= 15 is 0 Å². The second-order valence-corrected chi connectivity index (χ2v) is 5.45. The molecule has 1 atom stereocenters. The van der Waals surface area contributed by atoms with Gasteiger partial charge in [-0.2, -0.15) is 0 Å². The molecule has 3 N–H and O–H groups in total. The van der Waals surface area contributed by atoms with Gasteiger partial charge in [-0.15, -0.1) is 0 Å². The van der Waals surface area contributed by atoms with Crippen molar-refractivity contribution in [2.24, 2.45) is 0 Å². The van der Waals surface area contributed by atoms with Gasteiger partial charge in [-0.3, -0.25) is 9.59 Å². The fourth-order valence-corrected chi connectivity index (χ4v) is 2.03. The number of aliphatic carboxylic acids is 1. The summed E-state index contributed by atoms with van der Waals surface area (Å²) < 4.78 is 0. The summed E-state index contributed by atoms with van der Waals surface area (Å²) in [6.07, 6.45) is 3.27. The van der Waals surface area contributed by atoms with Crippen molar-refractivity contribution >= 4 is 17.8 Å². The molecule has 6 heteroatoms. The Morgan fingerprint density at radius 3 is 2.42 bits per heavy atom. The van der Waals surface area contributed by atoms with E-state index in [9.17, 15) is 19.5 Å². The molecule has 24 heavy (non-hydrogen) atoms. The lowest BCUT2D eigenvalue weighted by atomic mass is 10.1. The van der Waals surface area contributed by atoms with E-state index in [4.69, 9.17) is 0 Å². The minimum Gasteiger partial charge on any atom is -0.480 e. The Hall–Kier alpha value is -2.63. The summed E-state index contributed by atoms with van der Waals surface area (Å²) >= 11 is 0. The fraction of sp³-hybridized carbons (Fsp3) is 0.389. The van der Waals surface area contributed by atoms with E-state index in [1.807, 2.05) is 0 Å². The van der Waals surface area contributed by atoms with Crippen LogP contribution < -0.4 is 10.6 Å². The fourth-order valence-electron chi connectivity index (χ4n) is 2.03. The van der Waals surface area contributed by atoms with Gasteiger partial charge in [0.15, 0.2) is 0 Å². The first-order valence-corrected chi connectivity index (χ1v) is 7.95. The van der Waals surface area contributed by atoms with Gasteiger partial charge in [0.25, 0.3) is 5.91 Å². The van der Waals surface area contributed by atoms with Crippen molar-refractivity contribution in [2.45, 2.75) is 39.2 Å². The van der Waals surface area contributed by atoms with Crippen molar-refractivity contribution < 1.29 is 19.5 Å². The summed E-state index contributed by atoms with van der Waals surface area (Å²) in [5, 5.41) is 14.5. The molecule has 1 aromatic rings. The predicted molar refractivity (Wildman–Crippen MR) is 91.6 cm³/mol. The van der Waals surface area contributed by atoms with E-state index in [1.54, 1.807) is 50.3 Å². The minimum atomic E-state index is -1.06. The highest BCUT2D eigenvalue weighted by atomic mass is 16.4. The number of nitrogens with one attached hydrogen (secondary N) is 2. The Kier molecular flexibility index (Phi) is 8.25. The second-order valence-electron chi connectivity index (χ2n) is 5.45. The van der Waals surface area contributed by atoms with Crippen molar-refractivity contribution in [1.29, 1.82) is 0 Å². The summed E-state index contributed by atoms with van der Waals surface area (Å²) in [6.45, 7) is 4.00. The molecule has 130 valence electrons. The van der Waals surface area contributed by atoms with Gasteiger partial charge in [-0.25, -0.2) is 4.79 Å². The second kappa shape index (κ2) is 10.2. The molecular weight excluding hydrogens is 308 g/mol. The lowest BCUT2D eigenvalue weighted by molar-refractivity contribution is -0.139. The zero-order valence-corrected chi connectivity index (χ0v) is 14.0. The monoisotopic (exact) mass is 332 g/mol. The molecule has 0 bridgehead atoms. The van der Waals surface area contributed by atoms with Crippen LogP contribution in [-0.4, -0.2) is 35.5 Å². The number of carboxylic acids is 1. The van der Waals surface area contributed by atoms with Crippen molar-refractivity contribution in [3.63, 3.8) is 0 Å². The molecule has 0 heterocycles. The molecule has 0 fully saturated rings. The van der Waals surface area contributed by atoms with Gasteiger partial charge in [0.05, 0.1) is 0 Å². The Morgan fingerprint density at radius 2 is 1.83 bits per heavy atom. The molecule has 0 saturated carbocycles. The standard InChI is InChI=1S/C18H24N2O4/c1-3-13(2)16(21)19-12-8-7-11-15(18(23)24)20-17(22)14-9-5-4-6-10-14/h3-6,9-10,15H,7-8,11-12H2,1-2H3,(H,19,21)(H,20,22)(H,23,24)/b13-3+. The van der Waals surface area contributed by atoms with Crippen molar-refractivity contribution in [3.05, 3.63) is 47.5 Å². The molecule has 6 nitrogen and oxygen atoms in total. The number of hydrogen-bond donors (Lipinski definition) is 3. The van der Waals surface area contributed by atoms with Crippen LogP contribution in [0.25, 0.3) is 0 Å². The largest absolute Gasteiger partial charge is 0.480 e. The van der Waals surface area contributed by atoms with E-state index in [2.05, 4.69) is 10.6 Å². The number of carbonyl (C=O) groups excluding carboxylic acids is 2. The number of allylic oxidation sites excluding steroid dienone is 1. The van der Waals surface area contributed by atoms with Crippen LogP contribution in [0.4, 0.5) is 0 Å². The molecule has 0 saturated heterocycles. The summed E-state index contributed by atoms with van der Waals surface area (Å²) in [4.78, 5) is 34.8. The Balaban J connectivity index is 2.38. The highest BCUT2D eigenvalue weighted by Crippen LogP contribution is 2.04. The van der Waals surface area contributed by atoms with Gasteiger partial charge < -0.3 is 15.7 Å². The zero-order chi connectivity index (χ0) is 17.9. The summed E-state index contributed by atoms with van der Waals surface area (Å²) in [5.74, 6) is -1.59. The molecule has 0 aromatic heterocycles. The van der Waals surface area contributed by atoms with Gasteiger partial charge in [0.1, 0.15) is 6.04 Å². The summed E-state index contributed by atoms with van der Waals surface area (Å²) in [7, 11) is 0. The maximum atomic E-state index is 12.0. The minimum absolute atomic E-state index is 0.121. The molecule has 0 radical (unpaired) electrons. The van der Waals surface area contributed by atoms with Gasteiger partial charge in [0.2, 0.25) is 5.91 Å². The number of benzene rings is 1. The van der Waals surface area contributed by atoms with Crippen LogP contribution in [0.15, 0.2) is 42.0 Å². The third-order valence-electron chi connectivity index (χ3n) is 3.64. The SMILES string of the molecule is C/C=C(\C)C(=O)NCCCCC(NC(=O)c1ccccc1)C(=O)O. The van der Waals surface area contributed by atoms with Crippen molar-refractivity contribution in [2.75, 3.05) is 6.54 Å². The maximum absolute atomic E-state index is 12.0. The van der Waals surface area contributed by atoms with Gasteiger partial charge in [-0.1, -0.05) is 24.3 Å². The van der Waals surface area contributed by atoms with E-state index in [0.29, 0.717) is 36.9 Å². The Bertz CT molecular complexity index is 596. The Labute approximate surface area is 141 Å². The summed E-state index contributed by atoms with van der Waals surface area (Å²) in [6, 6.07) is 7.56. The molecule has 2 amide bonds. The quantitative estimate of drug-likeness (QED) is 0.477. The molecule has 1 unspecified atom stereocenters. The summed E-state index contributed by atoms with van der Waals surface area (Å²) in [5.41, 5.74) is 1.08.